The van der Waals surface area contributed by atoms with Crippen molar-refractivity contribution in [2.45, 2.75) is 57.6 Å². The summed E-state index contributed by atoms with van der Waals surface area (Å²) in [6, 6.07) is 0. The summed E-state index contributed by atoms with van der Waals surface area (Å²) in [4.78, 5) is 30.5. The molecule has 0 aromatic carbocycles. The van der Waals surface area contributed by atoms with Gasteiger partial charge in [0.1, 0.15) is 16.6 Å². The molecule has 0 bridgehead atoms. The molecule has 0 amide bonds. The molecule has 1 aliphatic rings. The van der Waals surface area contributed by atoms with E-state index in [0.29, 0.717) is 12.2 Å². The van der Waals surface area contributed by atoms with Crippen molar-refractivity contribution in [3.63, 3.8) is 0 Å². The van der Waals surface area contributed by atoms with Crippen LogP contribution in [0, 0.1) is 6.92 Å². The summed E-state index contributed by atoms with van der Waals surface area (Å²) >= 11 is 0.770. The molecular weight excluding hydrogens is 322 g/mol. The SMILES string of the molecule is CCC[C@H](O)[C@@H]1C[C@@H](O)[C@H](n2c(=O)sc3c(=O)[nH]c(C)nc32)O1. The summed E-state index contributed by atoms with van der Waals surface area (Å²) in [5.41, 5.74) is -0.181. The maximum absolute atomic E-state index is 12.3. The monoisotopic (exact) mass is 341 g/mol. The molecule has 0 aliphatic carbocycles. The first-order chi connectivity index (χ1) is 10.9. The van der Waals surface area contributed by atoms with E-state index in [2.05, 4.69) is 9.97 Å². The number of nitrogens with zero attached hydrogens (tertiary/aromatic N) is 2. The van der Waals surface area contributed by atoms with Crippen LogP contribution in [0.3, 0.4) is 0 Å². The number of hydrogen-bond donors (Lipinski definition) is 3. The number of rotatable bonds is 4. The lowest BCUT2D eigenvalue weighted by Crippen LogP contribution is -2.28. The van der Waals surface area contributed by atoms with Crippen molar-refractivity contribution in [2.75, 3.05) is 0 Å². The average molecular weight is 341 g/mol. The van der Waals surface area contributed by atoms with E-state index in [0.717, 1.165) is 17.8 Å². The molecule has 3 rings (SSSR count). The van der Waals surface area contributed by atoms with Crippen LogP contribution in [0.2, 0.25) is 0 Å². The van der Waals surface area contributed by atoms with Crippen LogP contribution in [0.1, 0.15) is 38.2 Å². The molecular formula is C14H19N3O5S. The van der Waals surface area contributed by atoms with Crippen molar-refractivity contribution in [2.24, 2.45) is 0 Å². The fourth-order valence-electron chi connectivity index (χ4n) is 2.90. The van der Waals surface area contributed by atoms with Gasteiger partial charge in [0, 0.05) is 6.42 Å². The number of aliphatic hydroxyl groups is 2. The summed E-state index contributed by atoms with van der Waals surface area (Å²) in [5, 5.41) is 20.3. The molecule has 2 aromatic rings. The van der Waals surface area contributed by atoms with Gasteiger partial charge in [-0.2, -0.15) is 0 Å². The number of H-pyrrole nitrogens is 1. The first-order valence-electron chi connectivity index (χ1n) is 7.56. The Morgan fingerprint density at radius 1 is 1.52 bits per heavy atom. The molecule has 0 radical (unpaired) electrons. The van der Waals surface area contributed by atoms with E-state index in [-0.39, 0.29) is 22.3 Å². The number of aromatic amines is 1. The van der Waals surface area contributed by atoms with E-state index < -0.39 is 29.4 Å². The third-order valence-electron chi connectivity index (χ3n) is 3.98. The normalized spacial score (nSPS) is 26.0. The predicted octanol–water partition coefficient (Wildman–Crippen LogP) is 0.264. The minimum Gasteiger partial charge on any atom is -0.390 e. The number of aromatic nitrogens is 3. The van der Waals surface area contributed by atoms with E-state index in [1.54, 1.807) is 6.92 Å². The Kier molecular flexibility index (Phi) is 4.37. The molecule has 0 unspecified atom stereocenters. The number of thiazole rings is 1. The molecule has 1 saturated heterocycles. The van der Waals surface area contributed by atoms with Gasteiger partial charge in [-0.25, -0.2) is 4.98 Å². The molecule has 23 heavy (non-hydrogen) atoms. The molecule has 126 valence electrons. The fraction of sp³-hybridized carbons (Fsp3) is 0.643. The summed E-state index contributed by atoms with van der Waals surface area (Å²) in [6.07, 6.45) is -1.54. The fourth-order valence-corrected chi connectivity index (χ4v) is 3.75. The van der Waals surface area contributed by atoms with Gasteiger partial charge < -0.3 is 19.9 Å². The van der Waals surface area contributed by atoms with Gasteiger partial charge in [-0.3, -0.25) is 14.2 Å². The van der Waals surface area contributed by atoms with Gasteiger partial charge in [-0.15, -0.1) is 0 Å². The first-order valence-corrected chi connectivity index (χ1v) is 8.37. The number of aliphatic hydroxyl groups excluding tert-OH is 2. The average Bonchev–Trinajstić information content (AvgIpc) is 2.99. The van der Waals surface area contributed by atoms with Crippen molar-refractivity contribution < 1.29 is 14.9 Å². The minimum atomic E-state index is -0.943. The van der Waals surface area contributed by atoms with Crippen molar-refractivity contribution in [3.8, 4) is 0 Å². The Labute approximate surface area is 135 Å². The van der Waals surface area contributed by atoms with Crippen molar-refractivity contribution >= 4 is 21.7 Å². The smallest absolute Gasteiger partial charge is 0.311 e. The van der Waals surface area contributed by atoms with Crippen LogP contribution in [0.25, 0.3) is 10.3 Å². The highest BCUT2D eigenvalue weighted by molar-refractivity contribution is 7.16. The summed E-state index contributed by atoms with van der Waals surface area (Å²) in [6.45, 7) is 3.56. The van der Waals surface area contributed by atoms with Gasteiger partial charge >= 0.3 is 4.87 Å². The topological polar surface area (TPSA) is 117 Å². The van der Waals surface area contributed by atoms with Crippen molar-refractivity contribution in [1.82, 2.24) is 14.5 Å². The molecule has 0 saturated carbocycles. The molecule has 3 heterocycles. The highest BCUT2D eigenvalue weighted by Crippen LogP contribution is 2.32. The van der Waals surface area contributed by atoms with E-state index in [1.165, 1.54) is 4.57 Å². The zero-order valence-electron chi connectivity index (χ0n) is 12.9. The van der Waals surface area contributed by atoms with Gasteiger partial charge in [0.2, 0.25) is 0 Å². The first kappa shape index (κ1) is 16.3. The van der Waals surface area contributed by atoms with Crippen molar-refractivity contribution in [1.29, 1.82) is 0 Å². The Hall–Kier alpha value is -1.55. The molecule has 1 aliphatic heterocycles. The van der Waals surface area contributed by atoms with Gasteiger partial charge in [-0.05, 0) is 13.3 Å². The summed E-state index contributed by atoms with van der Waals surface area (Å²) < 4.78 is 7.14. The van der Waals surface area contributed by atoms with E-state index in [9.17, 15) is 19.8 Å². The second kappa shape index (κ2) is 6.16. The highest BCUT2D eigenvalue weighted by atomic mass is 32.1. The number of fused-ring (bicyclic) bond motifs is 1. The zero-order valence-corrected chi connectivity index (χ0v) is 13.7. The van der Waals surface area contributed by atoms with E-state index >= 15 is 0 Å². The molecule has 3 N–H and O–H groups in total. The van der Waals surface area contributed by atoms with E-state index in [1.807, 2.05) is 6.92 Å². The molecule has 8 nitrogen and oxygen atoms in total. The lowest BCUT2D eigenvalue weighted by Gasteiger charge is -2.19. The number of nitrogens with one attached hydrogen (secondary N) is 1. The Morgan fingerprint density at radius 2 is 2.26 bits per heavy atom. The van der Waals surface area contributed by atoms with Crippen LogP contribution < -0.4 is 10.4 Å². The lowest BCUT2D eigenvalue weighted by atomic mass is 10.1. The van der Waals surface area contributed by atoms with Crippen LogP contribution in [-0.2, 0) is 4.74 Å². The second-order valence-corrected chi connectivity index (χ2v) is 6.73. The maximum atomic E-state index is 12.3. The largest absolute Gasteiger partial charge is 0.390 e. The molecule has 9 heteroatoms. The number of aryl methyl sites for hydroxylation is 1. The predicted molar refractivity (Wildman–Crippen MR) is 84.7 cm³/mol. The zero-order chi connectivity index (χ0) is 16.7. The van der Waals surface area contributed by atoms with Gasteiger partial charge in [0.05, 0.1) is 12.2 Å². The number of ether oxygens (including phenoxy) is 1. The molecule has 1 fully saturated rings. The standard InChI is InChI=1S/C14H19N3O5S/c1-3-4-7(18)9-5-8(19)13(22-9)17-11-10(23-14(17)21)12(20)16-6(2)15-11/h7-9,13,18-19H,3-5H2,1-2H3,(H,15,16,20)/t7-,8+,9-,13+/m0/s1. The Morgan fingerprint density at radius 3 is 2.96 bits per heavy atom. The Balaban J connectivity index is 2.02. The van der Waals surface area contributed by atoms with E-state index in [4.69, 9.17) is 4.74 Å². The lowest BCUT2D eigenvalue weighted by molar-refractivity contribution is -0.0763. The van der Waals surface area contributed by atoms with Gasteiger partial charge in [0.15, 0.2) is 11.9 Å². The summed E-state index contributed by atoms with van der Waals surface area (Å²) in [7, 11) is 0. The maximum Gasteiger partial charge on any atom is 0.311 e. The van der Waals surface area contributed by atoms with Crippen LogP contribution in [0.4, 0.5) is 0 Å². The highest BCUT2D eigenvalue weighted by Gasteiger charge is 2.40. The van der Waals surface area contributed by atoms with Crippen LogP contribution in [0.5, 0.6) is 0 Å². The number of hydrogen-bond acceptors (Lipinski definition) is 7. The van der Waals surface area contributed by atoms with Crippen molar-refractivity contribution in [3.05, 3.63) is 25.8 Å². The summed E-state index contributed by atoms with van der Waals surface area (Å²) in [5.74, 6) is 0.379. The Bertz CT molecular complexity index is 826. The molecule has 0 spiro atoms. The molecule has 2 aromatic heterocycles. The van der Waals surface area contributed by atoms with Gasteiger partial charge in [-0.1, -0.05) is 24.7 Å². The van der Waals surface area contributed by atoms with Crippen LogP contribution >= 0.6 is 11.3 Å². The van der Waals surface area contributed by atoms with Crippen LogP contribution in [0.15, 0.2) is 9.59 Å². The van der Waals surface area contributed by atoms with Gasteiger partial charge in [0.25, 0.3) is 5.56 Å². The third-order valence-corrected chi connectivity index (χ3v) is 4.92. The third kappa shape index (κ3) is 2.85. The van der Waals surface area contributed by atoms with Crippen LogP contribution in [-0.4, -0.2) is 43.1 Å². The minimum absolute atomic E-state index is 0.203. The second-order valence-electron chi connectivity index (χ2n) is 5.77. The quantitative estimate of drug-likeness (QED) is 0.734. The molecule has 4 atom stereocenters.